The van der Waals surface area contributed by atoms with Gasteiger partial charge in [0.05, 0.1) is 11.1 Å². The van der Waals surface area contributed by atoms with Crippen molar-refractivity contribution in [3.63, 3.8) is 0 Å². The second-order valence-corrected chi connectivity index (χ2v) is 8.80. The molecular formula is C16H23N5O3S. The average Bonchev–Trinajstić information content (AvgIpc) is 3.07. The molecule has 3 rings (SSSR count). The van der Waals surface area contributed by atoms with Gasteiger partial charge in [-0.05, 0) is 18.9 Å². The summed E-state index contributed by atoms with van der Waals surface area (Å²) >= 11 is 0. The monoisotopic (exact) mass is 365 g/mol. The maximum Gasteiger partial charge on any atom is 0.223 e. The van der Waals surface area contributed by atoms with Crippen molar-refractivity contribution in [2.75, 3.05) is 37.0 Å². The van der Waals surface area contributed by atoms with E-state index in [-0.39, 0.29) is 24.1 Å². The molecule has 0 spiro atoms. The summed E-state index contributed by atoms with van der Waals surface area (Å²) in [5.41, 5.74) is 0.810. The largest absolute Gasteiger partial charge is 0.356 e. The lowest BCUT2D eigenvalue weighted by Gasteiger charge is -2.37. The number of aromatic amines is 1. The Hall–Kier alpha value is -2.16. The van der Waals surface area contributed by atoms with Gasteiger partial charge in [-0.3, -0.25) is 4.79 Å². The number of likely N-dealkylation sites (tertiary alicyclic amines) is 1. The Kier molecular flexibility index (Phi) is 4.94. The Balaban J connectivity index is 1.60. The number of nitrogens with one attached hydrogen (secondary N) is 1. The number of amides is 1. The molecule has 0 aromatic carbocycles. The van der Waals surface area contributed by atoms with Crippen molar-refractivity contribution in [3.05, 3.63) is 18.6 Å². The molecule has 3 heterocycles. The van der Waals surface area contributed by atoms with Gasteiger partial charge in [0.1, 0.15) is 27.6 Å². The molecule has 2 aromatic rings. The molecular weight excluding hydrogens is 342 g/mol. The molecule has 1 fully saturated rings. The van der Waals surface area contributed by atoms with E-state index in [1.54, 1.807) is 11.2 Å². The van der Waals surface area contributed by atoms with Crippen molar-refractivity contribution >= 4 is 32.6 Å². The fourth-order valence-corrected chi connectivity index (χ4v) is 3.79. The van der Waals surface area contributed by atoms with E-state index >= 15 is 0 Å². The van der Waals surface area contributed by atoms with Gasteiger partial charge in [0, 0.05) is 45.1 Å². The highest BCUT2D eigenvalue weighted by Gasteiger charge is 2.27. The standard InChI is InChI=1S/C16H23N5O3S/c1-20(16-13-3-7-17-15(13)18-11-19-16)12-4-8-21(9-5-12)14(22)6-10-25(2,23)24/h3,7,11-12H,4-6,8-10H2,1-2H3,(H,17,18,19). The molecule has 0 atom stereocenters. The Labute approximate surface area is 147 Å². The van der Waals surface area contributed by atoms with Crippen LogP contribution in [-0.4, -0.2) is 72.4 Å². The second kappa shape index (κ2) is 6.99. The highest BCUT2D eigenvalue weighted by atomic mass is 32.2. The van der Waals surface area contributed by atoms with Crippen LogP contribution in [0.4, 0.5) is 5.82 Å². The molecule has 0 bridgehead atoms. The smallest absolute Gasteiger partial charge is 0.223 e. The first-order valence-electron chi connectivity index (χ1n) is 8.31. The van der Waals surface area contributed by atoms with Crippen molar-refractivity contribution in [2.24, 2.45) is 0 Å². The first-order chi connectivity index (χ1) is 11.8. The SMILES string of the molecule is CN(c1ncnc2[nH]ccc12)C1CCN(C(=O)CCS(C)(=O)=O)CC1. The van der Waals surface area contributed by atoms with Crippen molar-refractivity contribution in [3.8, 4) is 0 Å². The molecule has 0 radical (unpaired) electrons. The van der Waals surface area contributed by atoms with Gasteiger partial charge in [0.2, 0.25) is 5.91 Å². The van der Waals surface area contributed by atoms with Crippen molar-refractivity contribution in [2.45, 2.75) is 25.3 Å². The summed E-state index contributed by atoms with van der Waals surface area (Å²) < 4.78 is 22.4. The number of anilines is 1. The number of aromatic nitrogens is 3. The highest BCUT2D eigenvalue weighted by Crippen LogP contribution is 2.26. The van der Waals surface area contributed by atoms with Crippen LogP contribution in [-0.2, 0) is 14.6 Å². The molecule has 1 saturated heterocycles. The third kappa shape index (κ3) is 4.09. The Morgan fingerprint density at radius 3 is 2.76 bits per heavy atom. The zero-order valence-electron chi connectivity index (χ0n) is 14.5. The summed E-state index contributed by atoms with van der Waals surface area (Å²) in [6.07, 6.45) is 6.28. The van der Waals surface area contributed by atoms with E-state index in [2.05, 4.69) is 19.9 Å². The number of sulfone groups is 1. The van der Waals surface area contributed by atoms with Crippen LogP contribution in [0.2, 0.25) is 0 Å². The van der Waals surface area contributed by atoms with E-state index in [0.29, 0.717) is 13.1 Å². The number of fused-ring (bicyclic) bond motifs is 1. The van der Waals surface area contributed by atoms with E-state index in [9.17, 15) is 13.2 Å². The summed E-state index contributed by atoms with van der Waals surface area (Å²) in [7, 11) is -1.09. The maximum atomic E-state index is 12.2. The number of H-pyrrole nitrogens is 1. The highest BCUT2D eigenvalue weighted by molar-refractivity contribution is 7.90. The van der Waals surface area contributed by atoms with Crippen LogP contribution in [0.15, 0.2) is 18.6 Å². The van der Waals surface area contributed by atoms with E-state index in [1.165, 1.54) is 0 Å². The lowest BCUT2D eigenvalue weighted by Crippen LogP contribution is -2.46. The summed E-state index contributed by atoms with van der Waals surface area (Å²) in [6, 6.07) is 2.25. The number of piperidine rings is 1. The molecule has 25 heavy (non-hydrogen) atoms. The molecule has 2 aromatic heterocycles. The zero-order chi connectivity index (χ0) is 18.0. The Morgan fingerprint density at radius 2 is 2.08 bits per heavy atom. The molecule has 0 unspecified atom stereocenters. The minimum atomic E-state index is -3.11. The molecule has 9 heteroatoms. The first kappa shape index (κ1) is 17.7. The summed E-state index contributed by atoms with van der Waals surface area (Å²) in [6.45, 7) is 1.28. The topological polar surface area (TPSA) is 99.3 Å². The first-order valence-corrected chi connectivity index (χ1v) is 10.4. The Bertz CT molecular complexity index is 856. The number of carbonyl (C=O) groups excluding carboxylic acids is 1. The van der Waals surface area contributed by atoms with Gasteiger partial charge >= 0.3 is 0 Å². The van der Waals surface area contributed by atoms with Crippen LogP contribution < -0.4 is 4.90 Å². The predicted molar refractivity (Wildman–Crippen MR) is 96.2 cm³/mol. The molecule has 1 amide bonds. The van der Waals surface area contributed by atoms with Gasteiger partial charge in [-0.2, -0.15) is 0 Å². The third-order valence-electron chi connectivity index (χ3n) is 4.72. The van der Waals surface area contributed by atoms with Gasteiger partial charge in [0.15, 0.2) is 0 Å². The van der Waals surface area contributed by atoms with E-state index in [4.69, 9.17) is 0 Å². The Morgan fingerprint density at radius 1 is 1.36 bits per heavy atom. The molecule has 1 aliphatic heterocycles. The number of rotatable bonds is 5. The molecule has 0 aliphatic carbocycles. The van der Waals surface area contributed by atoms with Gasteiger partial charge in [0.25, 0.3) is 0 Å². The molecule has 8 nitrogen and oxygen atoms in total. The average molecular weight is 365 g/mol. The fraction of sp³-hybridized carbons (Fsp3) is 0.562. The van der Waals surface area contributed by atoms with Gasteiger partial charge in [-0.1, -0.05) is 0 Å². The van der Waals surface area contributed by atoms with E-state index in [0.717, 1.165) is 35.9 Å². The summed E-state index contributed by atoms with van der Waals surface area (Å²) in [5, 5.41) is 0.983. The van der Waals surface area contributed by atoms with E-state index < -0.39 is 9.84 Å². The van der Waals surface area contributed by atoms with Crippen molar-refractivity contribution in [1.29, 1.82) is 0 Å². The molecule has 136 valence electrons. The van der Waals surface area contributed by atoms with Crippen LogP contribution in [0.1, 0.15) is 19.3 Å². The number of hydrogen-bond acceptors (Lipinski definition) is 6. The minimum Gasteiger partial charge on any atom is -0.356 e. The molecule has 1 aliphatic rings. The predicted octanol–water partition coefficient (Wildman–Crippen LogP) is 0.820. The second-order valence-electron chi connectivity index (χ2n) is 6.54. The van der Waals surface area contributed by atoms with E-state index in [1.807, 2.05) is 19.3 Å². The summed E-state index contributed by atoms with van der Waals surface area (Å²) in [4.78, 5) is 27.8. The zero-order valence-corrected chi connectivity index (χ0v) is 15.3. The minimum absolute atomic E-state index is 0.0647. The lowest BCUT2D eigenvalue weighted by atomic mass is 10.0. The molecule has 0 saturated carbocycles. The van der Waals surface area contributed by atoms with Gasteiger partial charge in [-0.25, -0.2) is 18.4 Å². The number of carbonyl (C=O) groups is 1. The van der Waals surface area contributed by atoms with Crippen molar-refractivity contribution in [1.82, 2.24) is 19.9 Å². The number of hydrogen-bond donors (Lipinski definition) is 1. The van der Waals surface area contributed by atoms with Crippen LogP contribution in [0.5, 0.6) is 0 Å². The van der Waals surface area contributed by atoms with Gasteiger partial charge < -0.3 is 14.8 Å². The summed E-state index contributed by atoms with van der Waals surface area (Å²) in [5.74, 6) is 0.715. The number of nitrogens with zero attached hydrogens (tertiary/aromatic N) is 4. The van der Waals surface area contributed by atoms with Crippen LogP contribution in [0.3, 0.4) is 0 Å². The lowest BCUT2D eigenvalue weighted by molar-refractivity contribution is -0.131. The van der Waals surface area contributed by atoms with Crippen LogP contribution >= 0.6 is 0 Å². The van der Waals surface area contributed by atoms with Crippen LogP contribution in [0, 0.1) is 0 Å². The normalized spacial score (nSPS) is 16.3. The fourth-order valence-electron chi connectivity index (χ4n) is 3.25. The molecule has 1 N–H and O–H groups in total. The third-order valence-corrected chi connectivity index (χ3v) is 5.66. The van der Waals surface area contributed by atoms with Crippen LogP contribution in [0.25, 0.3) is 11.0 Å². The van der Waals surface area contributed by atoms with Gasteiger partial charge in [-0.15, -0.1) is 0 Å². The van der Waals surface area contributed by atoms with Crippen molar-refractivity contribution < 1.29 is 13.2 Å². The quantitative estimate of drug-likeness (QED) is 0.842. The maximum absolute atomic E-state index is 12.2.